The van der Waals surface area contributed by atoms with Crippen molar-refractivity contribution < 1.29 is 3.63 Å². The molecule has 0 aromatic carbocycles. The van der Waals surface area contributed by atoms with Crippen molar-refractivity contribution in [1.82, 2.24) is 0 Å². The van der Waals surface area contributed by atoms with Crippen molar-refractivity contribution in [2.45, 2.75) is 50.0 Å². The molecule has 2 unspecified atom stereocenters. The zero-order valence-corrected chi connectivity index (χ0v) is 11.4. The molecule has 0 aliphatic heterocycles. The molecule has 0 aromatic rings. The van der Waals surface area contributed by atoms with Gasteiger partial charge in [0.25, 0.3) is 0 Å². The first kappa shape index (κ1) is 15.6. The second-order valence-corrected chi connectivity index (χ2v) is 6.28. The van der Waals surface area contributed by atoms with E-state index in [4.69, 9.17) is 15.1 Å². The Kier molecular flexibility index (Phi) is 11.5. The summed E-state index contributed by atoms with van der Waals surface area (Å²) in [5, 5.41) is 1.06. The van der Waals surface area contributed by atoms with Gasteiger partial charge in [-0.2, -0.15) is 0 Å². The van der Waals surface area contributed by atoms with Crippen LogP contribution in [-0.4, -0.2) is 23.6 Å². The van der Waals surface area contributed by atoms with E-state index >= 15 is 0 Å². The highest BCUT2D eigenvalue weighted by molar-refractivity contribution is 8.08. The van der Waals surface area contributed by atoms with Gasteiger partial charge in [0.1, 0.15) is 0 Å². The monoisotopic (exact) mass is 252 g/mol. The quantitative estimate of drug-likeness (QED) is 0.585. The van der Waals surface area contributed by atoms with Crippen molar-refractivity contribution in [2.24, 2.45) is 11.5 Å². The summed E-state index contributed by atoms with van der Waals surface area (Å²) in [7, 11) is 0. The molecule has 4 N–H and O–H groups in total. The average molecular weight is 252 g/mol. The van der Waals surface area contributed by atoms with Gasteiger partial charge in [0.2, 0.25) is 0 Å². The molecule has 0 spiro atoms. The van der Waals surface area contributed by atoms with Gasteiger partial charge in [-0.05, 0) is 38.8 Å². The Morgan fingerprint density at radius 3 is 1.67 bits per heavy atom. The van der Waals surface area contributed by atoms with E-state index in [0.717, 1.165) is 38.8 Å². The molecule has 0 aliphatic carbocycles. The van der Waals surface area contributed by atoms with Crippen LogP contribution in [0.1, 0.15) is 39.5 Å². The first-order valence-corrected chi connectivity index (χ1v) is 7.20. The zero-order chi connectivity index (χ0) is 11.5. The second kappa shape index (κ2) is 11.1. The van der Waals surface area contributed by atoms with Gasteiger partial charge >= 0.3 is 0 Å². The van der Waals surface area contributed by atoms with E-state index in [1.807, 2.05) is 0 Å². The average Bonchev–Trinajstić information content (AvgIpc) is 2.23. The van der Waals surface area contributed by atoms with E-state index in [1.54, 1.807) is 24.1 Å². The highest BCUT2D eigenvalue weighted by Crippen LogP contribution is 2.27. The summed E-state index contributed by atoms with van der Waals surface area (Å²) in [5.74, 6) is 0. The maximum atomic E-state index is 5.50. The Bertz CT molecular complexity index is 125. The molecule has 0 saturated heterocycles. The van der Waals surface area contributed by atoms with E-state index in [-0.39, 0.29) is 0 Å². The van der Waals surface area contributed by atoms with Crippen LogP contribution >= 0.6 is 24.1 Å². The standard InChI is InChI=1S/C10H24N2OS2/c1-9(5-3-7-11)14-13-15-10(2)6-4-8-12/h9-10H,3-8,11-12H2,1-2H3. The summed E-state index contributed by atoms with van der Waals surface area (Å²) >= 11 is 3.11. The SMILES string of the molecule is CC(CCCN)SOSC(C)CCCN. The zero-order valence-electron chi connectivity index (χ0n) is 9.78. The fraction of sp³-hybridized carbons (Fsp3) is 1.00. The normalized spacial score (nSPS) is 15.2. The molecular weight excluding hydrogens is 228 g/mol. The van der Waals surface area contributed by atoms with Crippen LogP contribution < -0.4 is 11.5 Å². The van der Waals surface area contributed by atoms with Gasteiger partial charge in [0.15, 0.2) is 0 Å². The third-order valence-corrected chi connectivity index (χ3v) is 3.79. The van der Waals surface area contributed by atoms with Gasteiger partial charge in [0, 0.05) is 34.6 Å². The van der Waals surface area contributed by atoms with Crippen LogP contribution in [0.2, 0.25) is 0 Å². The third-order valence-electron chi connectivity index (χ3n) is 2.04. The number of rotatable bonds is 10. The maximum absolute atomic E-state index is 5.50. The smallest absolute Gasteiger partial charge is 0.0296 e. The van der Waals surface area contributed by atoms with E-state index in [2.05, 4.69) is 13.8 Å². The molecule has 5 heteroatoms. The first-order valence-electron chi connectivity index (χ1n) is 5.59. The minimum Gasteiger partial charge on any atom is -0.330 e. The molecule has 0 saturated carbocycles. The van der Waals surface area contributed by atoms with Crippen LogP contribution in [0.3, 0.4) is 0 Å². The highest BCUT2D eigenvalue weighted by atomic mass is 32.2. The van der Waals surface area contributed by atoms with Gasteiger partial charge in [0.05, 0.1) is 0 Å². The number of hydrogen-bond acceptors (Lipinski definition) is 5. The van der Waals surface area contributed by atoms with Crippen LogP contribution in [0.15, 0.2) is 0 Å². The summed E-state index contributed by atoms with van der Waals surface area (Å²) in [6, 6.07) is 0. The van der Waals surface area contributed by atoms with Crippen LogP contribution in [0, 0.1) is 0 Å². The van der Waals surface area contributed by atoms with Crippen LogP contribution in [0.5, 0.6) is 0 Å². The van der Waals surface area contributed by atoms with E-state index in [0.29, 0.717) is 10.5 Å². The van der Waals surface area contributed by atoms with Gasteiger partial charge in [-0.3, -0.25) is 0 Å². The van der Waals surface area contributed by atoms with E-state index in [9.17, 15) is 0 Å². The predicted molar refractivity (Wildman–Crippen MR) is 71.8 cm³/mol. The number of hydrogen-bond donors (Lipinski definition) is 2. The molecular formula is C10H24N2OS2. The molecule has 0 bridgehead atoms. The molecule has 0 heterocycles. The van der Waals surface area contributed by atoms with Gasteiger partial charge < -0.3 is 11.5 Å². The molecule has 15 heavy (non-hydrogen) atoms. The van der Waals surface area contributed by atoms with Crippen LogP contribution in [0.25, 0.3) is 0 Å². The Balaban J connectivity index is 3.27. The molecule has 0 aliphatic rings. The fourth-order valence-corrected chi connectivity index (χ4v) is 2.84. The summed E-state index contributed by atoms with van der Waals surface area (Å²) in [5.41, 5.74) is 10.9. The van der Waals surface area contributed by atoms with E-state index < -0.39 is 0 Å². The van der Waals surface area contributed by atoms with Crippen molar-refractivity contribution in [3.05, 3.63) is 0 Å². The second-order valence-electron chi connectivity index (χ2n) is 3.74. The highest BCUT2D eigenvalue weighted by Gasteiger charge is 2.07. The van der Waals surface area contributed by atoms with Crippen molar-refractivity contribution in [3.8, 4) is 0 Å². The minimum atomic E-state index is 0.530. The van der Waals surface area contributed by atoms with Crippen molar-refractivity contribution in [1.29, 1.82) is 0 Å². The topological polar surface area (TPSA) is 61.3 Å². The lowest BCUT2D eigenvalue weighted by Crippen LogP contribution is -2.05. The van der Waals surface area contributed by atoms with Crippen molar-refractivity contribution >= 4 is 24.1 Å². The molecule has 0 rings (SSSR count). The lowest BCUT2D eigenvalue weighted by Gasteiger charge is -2.12. The molecule has 92 valence electrons. The van der Waals surface area contributed by atoms with Gasteiger partial charge in [-0.15, -0.1) is 0 Å². The maximum Gasteiger partial charge on any atom is 0.0296 e. The minimum absolute atomic E-state index is 0.530. The Morgan fingerprint density at radius 2 is 1.33 bits per heavy atom. The molecule has 0 aromatic heterocycles. The predicted octanol–water partition coefficient (Wildman–Crippen LogP) is 2.55. The largest absolute Gasteiger partial charge is 0.330 e. The molecule has 3 nitrogen and oxygen atoms in total. The van der Waals surface area contributed by atoms with Gasteiger partial charge in [-0.1, -0.05) is 13.8 Å². The lowest BCUT2D eigenvalue weighted by atomic mass is 10.2. The number of nitrogens with two attached hydrogens (primary N) is 2. The van der Waals surface area contributed by atoms with Crippen molar-refractivity contribution in [3.63, 3.8) is 0 Å². The van der Waals surface area contributed by atoms with Gasteiger partial charge in [-0.25, -0.2) is 3.63 Å². The van der Waals surface area contributed by atoms with Crippen molar-refractivity contribution in [2.75, 3.05) is 13.1 Å². The molecule has 0 amide bonds. The summed E-state index contributed by atoms with van der Waals surface area (Å²) < 4.78 is 5.50. The Morgan fingerprint density at radius 1 is 0.933 bits per heavy atom. The molecule has 0 fully saturated rings. The molecule has 2 atom stereocenters. The summed E-state index contributed by atoms with van der Waals surface area (Å²) in [6.45, 7) is 5.88. The molecule has 0 radical (unpaired) electrons. The summed E-state index contributed by atoms with van der Waals surface area (Å²) in [4.78, 5) is 0. The third kappa shape index (κ3) is 10.9. The van der Waals surface area contributed by atoms with Crippen LogP contribution in [-0.2, 0) is 3.63 Å². The first-order chi connectivity index (χ1) is 7.20. The summed E-state index contributed by atoms with van der Waals surface area (Å²) in [6.07, 6.45) is 4.40. The van der Waals surface area contributed by atoms with Crippen LogP contribution in [0.4, 0.5) is 0 Å². The Labute approximate surface area is 102 Å². The fourth-order valence-electron chi connectivity index (χ4n) is 1.06. The Hall–Kier alpha value is 0.580. The van der Waals surface area contributed by atoms with E-state index in [1.165, 1.54) is 0 Å². The lowest BCUT2D eigenvalue weighted by molar-refractivity contribution is 0.670.